The maximum Gasteiger partial charge on any atom is 0.458 e. The summed E-state index contributed by atoms with van der Waals surface area (Å²) in [5.74, 6) is 0.328. The van der Waals surface area contributed by atoms with Crippen molar-refractivity contribution < 1.29 is 9.31 Å². The highest BCUT2D eigenvalue weighted by molar-refractivity contribution is 6.45. The Balaban J connectivity index is 2.11. The third-order valence-electron chi connectivity index (χ3n) is 4.57. The van der Waals surface area contributed by atoms with Crippen molar-refractivity contribution >= 4 is 18.7 Å². The smallest absolute Gasteiger partial charge is 0.403 e. The van der Waals surface area contributed by atoms with E-state index in [-0.39, 0.29) is 18.3 Å². The Morgan fingerprint density at radius 2 is 1.67 bits per heavy atom. The van der Waals surface area contributed by atoms with Crippen LogP contribution < -0.4 is 0 Å². The average Bonchev–Trinajstić information content (AvgIpc) is 2.58. The topological polar surface area (TPSA) is 18.5 Å². The predicted octanol–water partition coefficient (Wildman–Crippen LogP) is 5.09. The molecule has 0 aromatic heterocycles. The van der Waals surface area contributed by atoms with Crippen LogP contribution in [0.4, 0.5) is 0 Å². The lowest BCUT2D eigenvalue weighted by molar-refractivity contribution is 0.00578. The van der Waals surface area contributed by atoms with Gasteiger partial charge in [0.2, 0.25) is 0 Å². The van der Waals surface area contributed by atoms with Crippen LogP contribution in [-0.2, 0) is 9.31 Å². The second-order valence-electron chi connectivity index (χ2n) is 6.69. The fourth-order valence-corrected chi connectivity index (χ4v) is 2.72. The van der Waals surface area contributed by atoms with Crippen LogP contribution in [0.15, 0.2) is 36.9 Å². The number of halogens is 1. The van der Waals surface area contributed by atoms with E-state index >= 15 is 0 Å². The van der Waals surface area contributed by atoms with E-state index in [4.69, 9.17) is 20.9 Å². The summed E-state index contributed by atoms with van der Waals surface area (Å²) in [5.41, 5.74) is 0.682. The second kappa shape index (κ2) is 6.16. The molecule has 0 saturated carbocycles. The van der Waals surface area contributed by atoms with Gasteiger partial charge in [0.15, 0.2) is 0 Å². The fraction of sp³-hybridized carbons (Fsp3) is 0.529. The van der Waals surface area contributed by atoms with Gasteiger partial charge in [-0.25, -0.2) is 0 Å². The summed E-state index contributed by atoms with van der Waals surface area (Å²) in [7, 11) is -0.185. The molecule has 1 aliphatic heterocycles. The minimum atomic E-state index is -0.281. The molecule has 0 amide bonds. The normalized spacial score (nSPS) is 21.3. The molecule has 1 fully saturated rings. The van der Waals surface area contributed by atoms with Crippen molar-refractivity contribution in [3.63, 3.8) is 0 Å². The van der Waals surface area contributed by atoms with Gasteiger partial charge in [-0.05, 0) is 64.1 Å². The molecule has 0 N–H and O–H groups in total. The minimum Gasteiger partial charge on any atom is -0.403 e. The molecule has 0 unspecified atom stereocenters. The van der Waals surface area contributed by atoms with Crippen molar-refractivity contribution in [1.82, 2.24) is 0 Å². The van der Waals surface area contributed by atoms with Gasteiger partial charge < -0.3 is 9.31 Å². The second-order valence-corrected chi connectivity index (χ2v) is 7.13. The predicted molar refractivity (Wildman–Crippen MR) is 89.9 cm³/mol. The fourth-order valence-electron chi connectivity index (χ4n) is 2.60. The van der Waals surface area contributed by atoms with Gasteiger partial charge in [0.05, 0.1) is 11.2 Å². The van der Waals surface area contributed by atoms with Crippen LogP contribution in [0, 0.1) is 0 Å². The summed E-state index contributed by atoms with van der Waals surface area (Å²) in [5, 5.41) is 0.756. The third-order valence-corrected chi connectivity index (χ3v) is 4.82. The number of allylic oxidation sites excluding steroid dienone is 1. The van der Waals surface area contributed by atoms with Crippen LogP contribution in [0.1, 0.15) is 45.6 Å². The van der Waals surface area contributed by atoms with Crippen molar-refractivity contribution in [2.24, 2.45) is 0 Å². The summed E-state index contributed by atoms with van der Waals surface area (Å²) >= 11 is 5.97. The molecule has 0 radical (unpaired) electrons. The zero-order valence-electron chi connectivity index (χ0n) is 13.4. The molecular weight excluding hydrogens is 282 g/mol. The van der Waals surface area contributed by atoms with Crippen molar-refractivity contribution in [2.75, 3.05) is 0 Å². The molecule has 114 valence electrons. The van der Waals surface area contributed by atoms with Gasteiger partial charge >= 0.3 is 7.12 Å². The largest absolute Gasteiger partial charge is 0.458 e. The molecule has 21 heavy (non-hydrogen) atoms. The van der Waals surface area contributed by atoms with Gasteiger partial charge in [0, 0.05) is 5.02 Å². The number of hydrogen-bond acceptors (Lipinski definition) is 2. The standard InChI is InChI=1S/C17H24BClO2/c1-6-7-14(13-8-10-15(19)11-9-13)12-18-20-16(2,3)17(4,5)21-18/h6,8-11,14H,1,7,12H2,2-5H3/t14-/m1/s1. The first-order valence-electron chi connectivity index (χ1n) is 7.47. The number of benzene rings is 1. The van der Waals surface area contributed by atoms with Crippen molar-refractivity contribution in [2.45, 2.75) is 57.6 Å². The highest BCUT2D eigenvalue weighted by Crippen LogP contribution is 2.40. The zero-order chi connectivity index (χ0) is 15.7. The Kier molecular flexibility index (Phi) is 4.87. The van der Waals surface area contributed by atoms with Crippen LogP contribution in [0.5, 0.6) is 0 Å². The van der Waals surface area contributed by atoms with E-state index in [1.807, 2.05) is 18.2 Å². The molecular formula is C17H24BClO2. The Morgan fingerprint density at radius 3 is 2.14 bits per heavy atom. The maximum atomic E-state index is 6.10. The van der Waals surface area contributed by atoms with Gasteiger partial charge in [-0.15, -0.1) is 6.58 Å². The average molecular weight is 307 g/mol. The Hall–Kier alpha value is -0.765. The summed E-state index contributed by atoms with van der Waals surface area (Å²) in [6.07, 6.45) is 3.66. The first-order valence-corrected chi connectivity index (χ1v) is 7.85. The molecule has 1 heterocycles. The zero-order valence-corrected chi connectivity index (χ0v) is 14.1. The summed E-state index contributed by atoms with van der Waals surface area (Å²) in [4.78, 5) is 0. The summed E-state index contributed by atoms with van der Waals surface area (Å²) < 4.78 is 12.2. The van der Waals surface area contributed by atoms with E-state index in [2.05, 4.69) is 46.4 Å². The van der Waals surface area contributed by atoms with Gasteiger partial charge in [-0.1, -0.05) is 29.8 Å². The lowest BCUT2D eigenvalue weighted by atomic mass is 9.73. The third kappa shape index (κ3) is 3.71. The molecule has 0 bridgehead atoms. The number of rotatable bonds is 5. The highest BCUT2D eigenvalue weighted by atomic mass is 35.5. The minimum absolute atomic E-state index is 0.185. The van der Waals surface area contributed by atoms with Crippen molar-refractivity contribution in [3.05, 3.63) is 47.5 Å². The molecule has 0 aliphatic carbocycles. The van der Waals surface area contributed by atoms with Crippen LogP contribution in [0.2, 0.25) is 11.3 Å². The molecule has 1 aromatic carbocycles. The monoisotopic (exact) mass is 306 g/mol. The van der Waals surface area contributed by atoms with Crippen LogP contribution in [0.25, 0.3) is 0 Å². The molecule has 2 rings (SSSR count). The van der Waals surface area contributed by atoms with E-state index in [1.165, 1.54) is 5.56 Å². The molecule has 1 atom stereocenters. The van der Waals surface area contributed by atoms with E-state index < -0.39 is 0 Å². The van der Waals surface area contributed by atoms with Crippen LogP contribution in [-0.4, -0.2) is 18.3 Å². The van der Waals surface area contributed by atoms with Gasteiger partial charge in [-0.2, -0.15) is 0 Å². The molecule has 1 saturated heterocycles. The first-order chi connectivity index (χ1) is 9.75. The Morgan fingerprint density at radius 1 is 1.14 bits per heavy atom. The Bertz CT molecular complexity index is 480. The van der Waals surface area contributed by atoms with Crippen molar-refractivity contribution in [1.29, 1.82) is 0 Å². The lowest BCUT2D eigenvalue weighted by Crippen LogP contribution is -2.41. The molecule has 1 aliphatic rings. The summed E-state index contributed by atoms with van der Waals surface area (Å²) in [6.45, 7) is 12.2. The quantitative estimate of drug-likeness (QED) is 0.557. The molecule has 2 nitrogen and oxygen atoms in total. The van der Waals surface area contributed by atoms with Gasteiger partial charge in [-0.3, -0.25) is 0 Å². The number of hydrogen-bond donors (Lipinski definition) is 0. The van der Waals surface area contributed by atoms with E-state index in [0.29, 0.717) is 5.92 Å². The lowest BCUT2D eigenvalue weighted by Gasteiger charge is -2.32. The Labute approximate surface area is 133 Å². The van der Waals surface area contributed by atoms with Gasteiger partial charge in [0.1, 0.15) is 0 Å². The SMILES string of the molecule is C=CC[C@H](CB1OC(C)(C)C(C)(C)O1)c1ccc(Cl)cc1. The molecule has 0 spiro atoms. The molecule has 4 heteroatoms. The maximum absolute atomic E-state index is 6.10. The summed E-state index contributed by atoms with van der Waals surface area (Å²) in [6, 6.07) is 8.00. The first kappa shape index (κ1) is 16.6. The van der Waals surface area contributed by atoms with E-state index in [9.17, 15) is 0 Å². The highest BCUT2D eigenvalue weighted by Gasteiger charge is 2.51. The van der Waals surface area contributed by atoms with Crippen LogP contribution in [0.3, 0.4) is 0 Å². The van der Waals surface area contributed by atoms with E-state index in [0.717, 1.165) is 17.8 Å². The molecule has 1 aromatic rings. The van der Waals surface area contributed by atoms with E-state index in [1.54, 1.807) is 0 Å². The van der Waals surface area contributed by atoms with Gasteiger partial charge in [0.25, 0.3) is 0 Å². The van der Waals surface area contributed by atoms with Crippen molar-refractivity contribution in [3.8, 4) is 0 Å². The van der Waals surface area contributed by atoms with Crippen LogP contribution >= 0.6 is 11.6 Å².